The molecule has 0 saturated heterocycles. The van der Waals surface area contributed by atoms with Gasteiger partial charge in [0, 0.05) is 30.4 Å². The predicted molar refractivity (Wildman–Crippen MR) is 103 cm³/mol. The van der Waals surface area contributed by atoms with E-state index in [0.29, 0.717) is 10.7 Å². The van der Waals surface area contributed by atoms with Crippen LogP contribution in [0.1, 0.15) is 18.5 Å². The Morgan fingerprint density at radius 3 is 2.54 bits per heavy atom. The highest BCUT2D eigenvalue weighted by Crippen LogP contribution is 2.18. The van der Waals surface area contributed by atoms with E-state index in [9.17, 15) is 13.2 Å². The van der Waals surface area contributed by atoms with Crippen LogP contribution in [0.15, 0.2) is 53.4 Å². The maximum atomic E-state index is 12.2. The summed E-state index contributed by atoms with van der Waals surface area (Å²) >= 11 is 5.99. The largest absolute Gasteiger partial charge is 0.333 e. The molecule has 0 bridgehead atoms. The number of halogens is 1. The van der Waals surface area contributed by atoms with Crippen LogP contribution in [0.25, 0.3) is 0 Å². The molecule has 2 rings (SSSR count). The molecule has 0 aliphatic rings. The number of quaternary nitrogens is 1. The Labute approximate surface area is 159 Å². The summed E-state index contributed by atoms with van der Waals surface area (Å²) < 4.78 is 25.5. The first-order valence-corrected chi connectivity index (χ1v) is 9.93. The van der Waals surface area contributed by atoms with Gasteiger partial charge in [0.05, 0.1) is 4.90 Å². The topological polar surface area (TPSA) is 83.1 Å². The van der Waals surface area contributed by atoms with Crippen molar-refractivity contribution < 1.29 is 18.5 Å². The van der Waals surface area contributed by atoms with E-state index in [1.54, 1.807) is 18.2 Å². The standard InChI is InChI=1S/C18H22ClN3O3S/c1-13(14-6-4-7-15(19)10-14)20-12-18(23)21-16-8-5-9-17(11-16)26(24,25)22(2)3/h4-11,13,20H,12H2,1-3H3,(H,21,23)/p+1/t13-/m0/s1. The number of carbonyl (C=O) groups is 1. The second kappa shape index (κ2) is 8.64. The maximum Gasteiger partial charge on any atom is 0.279 e. The summed E-state index contributed by atoms with van der Waals surface area (Å²) in [6.45, 7) is 2.20. The van der Waals surface area contributed by atoms with E-state index in [0.717, 1.165) is 9.87 Å². The van der Waals surface area contributed by atoms with Gasteiger partial charge in [-0.05, 0) is 37.3 Å². The molecule has 0 radical (unpaired) electrons. The molecule has 6 nitrogen and oxygen atoms in total. The second-order valence-corrected chi connectivity index (χ2v) is 8.74. The third-order valence-electron chi connectivity index (χ3n) is 3.93. The quantitative estimate of drug-likeness (QED) is 0.749. The number of anilines is 1. The van der Waals surface area contributed by atoms with E-state index in [1.807, 2.05) is 30.4 Å². The molecule has 1 amide bonds. The zero-order chi connectivity index (χ0) is 19.3. The van der Waals surface area contributed by atoms with Gasteiger partial charge in [-0.25, -0.2) is 12.7 Å². The molecule has 0 unspecified atom stereocenters. The normalized spacial score (nSPS) is 12.8. The van der Waals surface area contributed by atoms with E-state index in [-0.39, 0.29) is 23.4 Å². The van der Waals surface area contributed by atoms with Crippen LogP contribution in [-0.2, 0) is 14.8 Å². The fourth-order valence-electron chi connectivity index (χ4n) is 2.37. The Kier molecular flexibility index (Phi) is 6.77. The van der Waals surface area contributed by atoms with Crippen molar-refractivity contribution in [3.8, 4) is 0 Å². The summed E-state index contributed by atoms with van der Waals surface area (Å²) in [5, 5.41) is 5.28. The van der Waals surface area contributed by atoms with E-state index in [2.05, 4.69) is 5.32 Å². The van der Waals surface area contributed by atoms with Gasteiger partial charge in [0.1, 0.15) is 6.04 Å². The minimum Gasteiger partial charge on any atom is -0.333 e. The Hall–Kier alpha value is -1.93. The summed E-state index contributed by atoms with van der Waals surface area (Å²) in [4.78, 5) is 12.3. The zero-order valence-corrected chi connectivity index (χ0v) is 16.5. The van der Waals surface area contributed by atoms with Crippen molar-refractivity contribution in [2.45, 2.75) is 17.9 Å². The molecule has 0 aliphatic heterocycles. The van der Waals surface area contributed by atoms with Crippen LogP contribution in [0, 0.1) is 0 Å². The van der Waals surface area contributed by atoms with E-state index >= 15 is 0 Å². The summed E-state index contributed by atoms with van der Waals surface area (Å²) in [5.41, 5.74) is 1.48. The number of nitrogens with two attached hydrogens (primary N) is 1. The van der Waals surface area contributed by atoms with Gasteiger partial charge in [0.2, 0.25) is 10.0 Å². The molecule has 2 aromatic rings. The molecular formula is C18H23ClN3O3S+. The third-order valence-corrected chi connectivity index (χ3v) is 5.97. The van der Waals surface area contributed by atoms with Gasteiger partial charge in [0.25, 0.3) is 5.91 Å². The maximum absolute atomic E-state index is 12.2. The molecule has 0 fully saturated rings. The van der Waals surface area contributed by atoms with Crippen LogP contribution >= 0.6 is 11.6 Å². The lowest BCUT2D eigenvalue weighted by Gasteiger charge is -2.13. The van der Waals surface area contributed by atoms with Crippen LogP contribution in [-0.4, -0.2) is 39.3 Å². The Morgan fingerprint density at radius 2 is 1.88 bits per heavy atom. The van der Waals surface area contributed by atoms with Crippen molar-refractivity contribution in [2.24, 2.45) is 0 Å². The van der Waals surface area contributed by atoms with Crippen molar-refractivity contribution >= 4 is 33.2 Å². The fourth-order valence-corrected chi connectivity index (χ4v) is 3.51. The average molecular weight is 397 g/mol. The van der Waals surface area contributed by atoms with E-state index < -0.39 is 10.0 Å². The molecule has 8 heteroatoms. The lowest BCUT2D eigenvalue weighted by atomic mass is 10.1. The summed E-state index contributed by atoms with van der Waals surface area (Å²) in [6, 6.07) is 13.8. The fraction of sp³-hybridized carbons (Fsp3) is 0.278. The number of hydrogen-bond donors (Lipinski definition) is 2. The van der Waals surface area contributed by atoms with Gasteiger partial charge < -0.3 is 10.6 Å². The number of carbonyl (C=O) groups excluding carboxylic acids is 1. The minimum atomic E-state index is -3.54. The number of benzene rings is 2. The van der Waals surface area contributed by atoms with Crippen molar-refractivity contribution in [1.82, 2.24) is 4.31 Å². The first kappa shape index (κ1) is 20.4. The van der Waals surface area contributed by atoms with Gasteiger partial charge in [-0.15, -0.1) is 0 Å². The molecule has 26 heavy (non-hydrogen) atoms. The molecule has 0 spiro atoms. The van der Waals surface area contributed by atoms with Gasteiger partial charge in [0.15, 0.2) is 6.54 Å². The van der Waals surface area contributed by atoms with Crippen molar-refractivity contribution in [2.75, 3.05) is 26.0 Å². The molecule has 0 heterocycles. The smallest absolute Gasteiger partial charge is 0.279 e. The highest BCUT2D eigenvalue weighted by molar-refractivity contribution is 7.89. The second-order valence-electron chi connectivity index (χ2n) is 6.15. The summed E-state index contributed by atoms with van der Waals surface area (Å²) in [6.07, 6.45) is 0. The highest BCUT2D eigenvalue weighted by atomic mass is 35.5. The summed E-state index contributed by atoms with van der Waals surface area (Å²) in [7, 11) is -0.609. The lowest BCUT2D eigenvalue weighted by Crippen LogP contribution is -2.86. The molecule has 3 N–H and O–H groups in total. The summed E-state index contributed by atoms with van der Waals surface area (Å²) in [5.74, 6) is -0.210. The van der Waals surface area contributed by atoms with Crippen molar-refractivity contribution in [3.63, 3.8) is 0 Å². The Balaban J connectivity index is 1.98. The number of nitrogens with zero attached hydrogens (tertiary/aromatic N) is 1. The van der Waals surface area contributed by atoms with E-state index in [4.69, 9.17) is 11.6 Å². The van der Waals surface area contributed by atoms with Gasteiger partial charge in [-0.1, -0.05) is 29.8 Å². The van der Waals surface area contributed by atoms with Crippen molar-refractivity contribution in [3.05, 3.63) is 59.1 Å². The zero-order valence-electron chi connectivity index (χ0n) is 14.9. The number of amides is 1. The number of sulfonamides is 1. The van der Waals surface area contributed by atoms with Crippen molar-refractivity contribution in [1.29, 1.82) is 0 Å². The van der Waals surface area contributed by atoms with E-state index in [1.165, 1.54) is 26.2 Å². The Bertz CT molecular complexity index is 885. The first-order valence-electron chi connectivity index (χ1n) is 8.11. The average Bonchev–Trinajstić information content (AvgIpc) is 2.59. The van der Waals surface area contributed by atoms with Crippen LogP contribution in [0.4, 0.5) is 5.69 Å². The molecule has 0 aromatic heterocycles. The lowest BCUT2D eigenvalue weighted by molar-refractivity contribution is -0.682. The van der Waals surface area contributed by atoms with Gasteiger partial charge in [-0.3, -0.25) is 4.79 Å². The molecule has 0 aliphatic carbocycles. The Morgan fingerprint density at radius 1 is 1.19 bits per heavy atom. The number of nitrogens with one attached hydrogen (secondary N) is 1. The number of hydrogen-bond acceptors (Lipinski definition) is 3. The monoisotopic (exact) mass is 396 g/mol. The number of rotatable bonds is 7. The molecule has 0 saturated carbocycles. The first-order chi connectivity index (χ1) is 12.2. The minimum absolute atomic E-state index is 0.0694. The third kappa shape index (κ3) is 5.28. The van der Waals surface area contributed by atoms with Gasteiger partial charge in [-0.2, -0.15) is 0 Å². The van der Waals surface area contributed by atoms with Crippen LogP contribution in [0.3, 0.4) is 0 Å². The van der Waals surface area contributed by atoms with Gasteiger partial charge >= 0.3 is 0 Å². The predicted octanol–water partition coefficient (Wildman–Crippen LogP) is 1.85. The van der Waals surface area contributed by atoms with Crippen LogP contribution in [0.5, 0.6) is 0 Å². The molecule has 140 valence electrons. The SMILES string of the molecule is C[C@H]([NH2+]CC(=O)Nc1cccc(S(=O)(=O)N(C)C)c1)c1cccc(Cl)c1. The molecular weight excluding hydrogens is 374 g/mol. The molecule has 1 atom stereocenters. The van der Waals surface area contributed by atoms with Crippen LogP contribution in [0.2, 0.25) is 5.02 Å². The van der Waals surface area contributed by atoms with Crippen LogP contribution < -0.4 is 10.6 Å². The highest BCUT2D eigenvalue weighted by Gasteiger charge is 2.18. The molecule has 2 aromatic carbocycles.